The van der Waals surface area contributed by atoms with Crippen LogP contribution in [-0.4, -0.2) is 8.42 Å². The van der Waals surface area contributed by atoms with E-state index in [1.165, 1.54) is 12.1 Å². The first-order valence-electron chi connectivity index (χ1n) is 5.22. The van der Waals surface area contributed by atoms with Crippen molar-refractivity contribution in [3.05, 3.63) is 55.4 Å². The van der Waals surface area contributed by atoms with Crippen LogP contribution in [-0.2, 0) is 10.0 Å². The molecule has 3 nitrogen and oxygen atoms in total. The molecule has 2 rings (SSSR count). The van der Waals surface area contributed by atoms with Gasteiger partial charge in [-0.2, -0.15) is 0 Å². The van der Waals surface area contributed by atoms with Crippen LogP contribution in [0.1, 0.15) is 0 Å². The van der Waals surface area contributed by atoms with E-state index in [1.807, 2.05) is 0 Å². The molecule has 0 spiro atoms. The molecule has 2 aromatic carbocycles. The molecule has 0 unspecified atom stereocenters. The zero-order valence-electron chi connectivity index (χ0n) is 9.70. The van der Waals surface area contributed by atoms with Crippen molar-refractivity contribution in [3.8, 4) is 0 Å². The second-order valence-electron chi connectivity index (χ2n) is 3.80. The molecule has 0 aliphatic heterocycles. The largest absolute Gasteiger partial charge is 0.278 e. The summed E-state index contributed by atoms with van der Waals surface area (Å²) in [5.74, 6) is 0. The number of anilines is 1. The van der Waals surface area contributed by atoms with E-state index in [2.05, 4.69) is 36.6 Å². The molecule has 0 aliphatic carbocycles. The summed E-state index contributed by atoms with van der Waals surface area (Å²) >= 11 is 18.4. The van der Waals surface area contributed by atoms with Gasteiger partial charge in [0.2, 0.25) is 0 Å². The van der Waals surface area contributed by atoms with Gasteiger partial charge in [-0.1, -0.05) is 55.1 Å². The third-order valence-electron chi connectivity index (χ3n) is 2.36. The van der Waals surface area contributed by atoms with Gasteiger partial charge in [-0.3, -0.25) is 4.72 Å². The van der Waals surface area contributed by atoms with Crippen molar-refractivity contribution in [2.45, 2.75) is 4.90 Å². The van der Waals surface area contributed by atoms with Gasteiger partial charge in [0.1, 0.15) is 4.90 Å². The Hall–Kier alpha value is -0.270. The maximum absolute atomic E-state index is 12.3. The van der Waals surface area contributed by atoms with Gasteiger partial charge in [0, 0.05) is 8.95 Å². The van der Waals surface area contributed by atoms with E-state index in [9.17, 15) is 8.42 Å². The molecule has 8 heteroatoms. The third-order valence-corrected chi connectivity index (χ3v) is 5.51. The zero-order chi connectivity index (χ0) is 14.9. The molecule has 0 fully saturated rings. The quantitative estimate of drug-likeness (QED) is 0.675. The second kappa shape index (κ2) is 6.23. The van der Waals surface area contributed by atoms with Crippen LogP contribution < -0.4 is 4.72 Å². The Kier molecular flexibility index (Phi) is 5.02. The van der Waals surface area contributed by atoms with Gasteiger partial charge in [0.15, 0.2) is 0 Å². The Morgan fingerprint density at radius 2 is 1.45 bits per heavy atom. The van der Waals surface area contributed by atoms with Crippen LogP contribution in [0, 0.1) is 0 Å². The summed E-state index contributed by atoms with van der Waals surface area (Å²) in [4.78, 5) is -0.0126. The Bertz CT molecular complexity index is 766. The molecule has 20 heavy (non-hydrogen) atoms. The first-order valence-corrected chi connectivity index (χ1v) is 9.05. The van der Waals surface area contributed by atoms with Crippen LogP contribution >= 0.6 is 55.1 Å². The van der Waals surface area contributed by atoms with Crippen LogP contribution in [0.5, 0.6) is 0 Å². The van der Waals surface area contributed by atoms with E-state index in [1.54, 1.807) is 24.3 Å². The normalized spacial score (nSPS) is 11.4. The Balaban J connectivity index is 2.41. The predicted molar refractivity (Wildman–Crippen MR) is 89.1 cm³/mol. The number of benzene rings is 2. The summed E-state index contributed by atoms with van der Waals surface area (Å²) in [7, 11) is -3.80. The summed E-state index contributed by atoms with van der Waals surface area (Å²) in [6, 6.07) is 9.39. The average molecular weight is 460 g/mol. The minimum Gasteiger partial charge on any atom is -0.278 e. The highest BCUT2D eigenvalue weighted by Crippen LogP contribution is 2.30. The third kappa shape index (κ3) is 3.68. The lowest BCUT2D eigenvalue weighted by Gasteiger charge is -2.11. The summed E-state index contributed by atoms with van der Waals surface area (Å²) < 4.78 is 28.4. The van der Waals surface area contributed by atoms with Crippen molar-refractivity contribution < 1.29 is 8.42 Å². The van der Waals surface area contributed by atoms with E-state index >= 15 is 0 Å². The number of rotatable bonds is 3. The van der Waals surface area contributed by atoms with Crippen LogP contribution in [0.3, 0.4) is 0 Å². The molecule has 0 amide bonds. The lowest BCUT2D eigenvalue weighted by molar-refractivity contribution is 0.601. The fourth-order valence-corrected chi connectivity index (χ4v) is 4.36. The highest BCUT2D eigenvalue weighted by Gasteiger charge is 2.19. The van der Waals surface area contributed by atoms with Gasteiger partial charge < -0.3 is 0 Å². The van der Waals surface area contributed by atoms with Crippen molar-refractivity contribution >= 4 is 70.8 Å². The molecule has 106 valence electrons. The van der Waals surface area contributed by atoms with Crippen molar-refractivity contribution in [3.63, 3.8) is 0 Å². The SMILES string of the molecule is O=S(=O)(Nc1ccc(Br)cc1Cl)c1ccc(Br)cc1Cl. The Labute approximate surface area is 143 Å². The molecule has 0 saturated carbocycles. The van der Waals surface area contributed by atoms with E-state index in [0.29, 0.717) is 4.47 Å². The van der Waals surface area contributed by atoms with Crippen molar-refractivity contribution in [1.29, 1.82) is 0 Å². The highest BCUT2D eigenvalue weighted by atomic mass is 79.9. The van der Waals surface area contributed by atoms with Gasteiger partial charge in [0.25, 0.3) is 10.0 Å². The number of nitrogens with one attached hydrogen (secondary N) is 1. The van der Waals surface area contributed by atoms with Crippen LogP contribution in [0.2, 0.25) is 10.0 Å². The molecule has 0 heterocycles. The predicted octanol–water partition coefficient (Wildman–Crippen LogP) is 5.32. The van der Waals surface area contributed by atoms with Crippen LogP contribution in [0.15, 0.2) is 50.2 Å². The van der Waals surface area contributed by atoms with E-state index in [0.717, 1.165) is 4.47 Å². The summed E-state index contributed by atoms with van der Waals surface area (Å²) in [5.41, 5.74) is 0.286. The Morgan fingerprint density at radius 3 is 2.00 bits per heavy atom. The fraction of sp³-hybridized carbons (Fsp3) is 0. The lowest BCUT2D eigenvalue weighted by atomic mass is 10.3. The number of sulfonamides is 1. The monoisotopic (exact) mass is 457 g/mol. The summed E-state index contributed by atoms with van der Waals surface area (Å²) in [5, 5.41) is 0.413. The average Bonchev–Trinajstić information content (AvgIpc) is 2.32. The standard InChI is InChI=1S/C12H7Br2Cl2NO2S/c13-7-1-3-11(9(15)5-7)17-20(18,19)12-4-2-8(14)6-10(12)16/h1-6,17H. The van der Waals surface area contributed by atoms with E-state index < -0.39 is 10.0 Å². The molecule has 0 aromatic heterocycles. The topological polar surface area (TPSA) is 46.2 Å². The Morgan fingerprint density at radius 1 is 0.900 bits per heavy atom. The number of hydrogen-bond donors (Lipinski definition) is 1. The first-order chi connectivity index (χ1) is 9.29. The van der Waals surface area contributed by atoms with Gasteiger partial charge >= 0.3 is 0 Å². The van der Waals surface area contributed by atoms with Gasteiger partial charge in [0.05, 0.1) is 15.7 Å². The lowest BCUT2D eigenvalue weighted by Crippen LogP contribution is -2.13. The number of halogens is 4. The minimum atomic E-state index is -3.80. The molecule has 0 aliphatic rings. The molecule has 0 bridgehead atoms. The van der Waals surface area contributed by atoms with Crippen molar-refractivity contribution in [1.82, 2.24) is 0 Å². The first kappa shape index (κ1) is 16.1. The maximum Gasteiger partial charge on any atom is 0.263 e. The van der Waals surface area contributed by atoms with Crippen LogP contribution in [0.25, 0.3) is 0 Å². The second-order valence-corrected chi connectivity index (χ2v) is 8.10. The smallest absolute Gasteiger partial charge is 0.263 e. The molecule has 0 radical (unpaired) electrons. The molecular weight excluding hydrogens is 453 g/mol. The van der Waals surface area contributed by atoms with E-state index in [-0.39, 0.29) is 20.6 Å². The van der Waals surface area contributed by atoms with Crippen LogP contribution in [0.4, 0.5) is 5.69 Å². The minimum absolute atomic E-state index is 0.0126. The van der Waals surface area contributed by atoms with Gasteiger partial charge in [-0.15, -0.1) is 0 Å². The van der Waals surface area contributed by atoms with Gasteiger partial charge in [-0.25, -0.2) is 8.42 Å². The fourth-order valence-electron chi connectivity index (χ4n) is 1.47. The van der Waals surface area contributed by atoms with Gasteiger partial charge in [-0.05, 0) is 36.4 Å². The van der Waals surface area contributed by atoms with Crippen molar-refractivity contribution in [2.75, 3.05) is 4.72 Å². The molecule has 0 saturated heterocycles. The molecular formula is C12H7Br2Cl2NO2S. The van der Waals surface area contributed by atoms with E-state index in [4.69, 9.17) is 23.2 Å². The maximum atomic E-state index is 12.3. The summed E-state index contributed by atoms with van der Waals surface area (Å²) in [6.07, 6.45) is 0. The highest BCUT2D eigenvalue weighted by molar-refractivity contribution is 9.10. The molecule has 1 N–H and O–H groups in total. The zero-order valence-corrected chi connectivity index (χ0v) is 15.2. The van der Waals surface area contributed by atoms with Crippen molar-refractivity contribution in [2.24, 2.45) is 0 Å². The number of hydrogen-bond acceptors (Lipinski definition) is 2. The molecule has 0 atom stereocenters. The molecule has 2 aromatic rings. The summed E-state index contributed by atoms with van der Waals surface area (Å²) in [6.45, 7) is 0.